The van der Waals surface area contributed by atoms with Gasteiger partial charge < -0.3 is 15.7 Å². The summed E-state index contributed by atoms with van der Waals surface area (Å²) in [6.45, 7) is 4.38. The monoisotopic (exact) mass is 271 g/mol. The van der Waals surface area contributed by atoms with Crippen LogP contribution in [0.2, 0.25) is 5.15 Å². The van der Waals surface area contributed by atoms with Gasteiger partial charge in [-0.05, 0) is 32.4 Å². The van der Waals surface area contributed by atoms with Crippen LogP contribution in [0.3, 0.4) is 0 Å². The number of aliphatic hydroxyl groups excluding tert-OH is 1. The van der Waals surface area contributed by atoms with E-state index in [1.807, 2.05) is 13.8 Å². The Bertz CT molecular complexity index is 404. The zero-order valence-electron chi connectivity index (χ0n) is 10.6. The molecular formula is C12H18ClN3O2. The summed E-state index contributed by atoms with van der Waals surface area (Å²) in [6, 6.07) is 3.04. The van der Waals surface area contributed by atoms with Crippen LogP contribution in [0.1, 0.15) is 30.6 Å². The minimum atomic E-state index is -0.158. The fraction of sp³-hybridized carbons (Fsp3) is 0.500. The Morgan fingerprint density at radius 1 is 1.56 bits per heavy atom. The van der Waals surface area contributed by atoms with Gasteiger partial charge in [-0.3, -0.25) is 4.79 Å². The van der Waals surface area contributed by atoms with E-state index in [2.05, 4.69) is 4.98 Å². The Morgan fingerprint density at radius 2 is 2.22 bits per heavy atom. The van der Waals surface area contributed by atoms with Crippen LogP contribution in [0.4, 0.5) is 5.82 Å². The quantitative estimate of drug-likeness (QED) is 0.797. The highest BCUT2D eigenvalue weighted by molar-refractivity contribution is 6.29. The molecule has 1 rings (SSSR count). The summed E-state index contributed by atoms with van der Waals surface area (Å²) in [5.74, 6) is 0.0613. The molecule has 0 radical (unpaired) electrons. The molecule has 1 aromatic heterocycles. The average molecular weight is 272 g/mol. The molecule has 0 spiro atoms. The molecule has 0 unspecified atom stereocenters. The molecule has 0 bridgehead atoms. The smallest absolute Gasteiger partial charge is 0.254 e. The summed E-state index contributed by atoms with van der Waals surface area (Å²) < 4.78 is 0. The number of nitrogens with zero attached hydrogens (tertiary/aromatic N) is 2. The highest BCUT2D eigenvalue weighted by Crippen LogP contribution is 2.15. The molecule has 0 atom stereocenters. The van der Waals surface area contributed by atoms with Crippen molar-refractivity contribution in [3.8, 4) is 0 Å². The maximum absolute atomic E-state index is 12.3. The Hall–Kier alpha value is -1.33. The molecule has 0 fully saturated rings. The van der Waals surface area contributed by atoms with Crippen molar-refractivity contribution in [3.63, 3.8) is 0 Å². The van der Waals surface area contributed by atoms with Crippen LogP contribution < -0.4 is 5.73 Å². The Balaban J connectivity index is 2.94. The zero-order valence-corrected chi connectivity index (χ0v) is 11.3. The molecule has 3 N–H and O–H groups in total. The number of rotatable bonds is 5. The molecule has 5 nitrogen and oxygen atoms in total. The second kappa shape index (κ2) is 6.56. The van der Waals surface area contributed by atoms with E-state index in [9.17, 15) is 4.79 Å². The van der Waals surface area contributed by atoms with Crippen LogP contribution >= 0.6 is 11.6 Å². The van der Waals surface area contributed by atoms with Crippen LogP contribution in [0.15, 0.2) is 12.1 Å². The van der Waals surface area contributed by atoms with Crippen molar-refractivity contribution in [1.82, 2.24) is 9.88 Å². The SMILES string of the molecule is CC(C)N(CCCO)C(=O)c1cc(N)nc(Cl)c1. The predicted octanol–water partition coefficient (Wildman–Crippen LogP) is 1.55. The summed E-state index contributed by atoms with van der Waals surface area (Å²) in [6.07, 6.45) is 0.540. The first kappa shape index (κ1) is 14.7. The highest BCUT2D eigenvalue weighted by Gasteiger charge is 2.19. The minimum absolute atomic E-state index is 0.0391. The first-order valence-corrected chi connectivity index (χ1v) is 6.18. The topological polar surface area (TPSA) is 79.5 Å². The van der Waals surface area contributed by atoms with E-state index in [-0.39, 0.29) is 29.5 Å². The highest BCUT2D eigenvalue weighted by atomic mass is 35.5. The first-order chi connectivity index (χ1) is 8.45. The number of anilines is 1. The summed E-state index contributed by atoms with van der Waals surface area (Å²) in [7, 11) is 0. The van der Waals surface area contributed by atoms with Gasteiger partial charge in [0.2, 0.25) is 0 Å². The van der Waals surface area contributed by atoms with Crippen molar-refractivity contribution < 1.29 is 9.90 Å². The number of halogens is 1. The molecule has 0 saturated heterocycles. The van der Waals surface area contributed by atoms with E-state index >= 15 is 0 Å². The maximum Gasteiger partial charge on any atom is 0.254 e. The van der Waals surface area contributed by atoms with Crippen molar-refractivity contribution in [2.24, 2.45) is 0 Å². The Labute approximate surface area is 112 Å². The molecule has 1 amide bonds. The molecule has 18 heavy (non-hydrogen) atoms. The molecule has 6 heteroatoms. The van der Waals surface area contributed by atoms with Crippen LogP contribution in [0.5, 0.6) is 0 Å². The van der Waals surface area contributed by atoms with Gasteiger partial charge in [-0.2, -0.15) is 0 Å². The van der Waals surface area contributed by atoms with Crippen molar-refractivity contribution in [2.75, 3.05) is 18.9 Å². The summed E-state index contributed by atoms with van der Waals surface area (Å²) in [5.41, 5.74) is 5.98. The van der Waals surface area contributed by atoms with Crippen molar-refractivity contribution in [2.45, 2.75) is 26.3 Å². The van der Waals surface area contributed by atoms with E-state index in [0.29, 0.717) is 18.5 Å². The fourth-order valence-corrected chi connectivity index (χ4v) is 1.86. The maximum atomic E-state index is 12.3. The molecule has 1 heterocycles. The number of aromatic nitrogens is 1. The van der Waals surface area contributed by atoms with Gasteiger partial charge in [-0.15, -0.1) is 0 Å². The number of amides is 1. The summed E-state index contributed by atoms with van der Waals surface area (Å²) in [4.78, 5) is 17.8. The third kappa shape index (κ3) is 3.85. The lowest BCUT2D eigenvalue weighted by molar-refractivity contribution is 0.0693. The average Bonchev–Trinajstić information content (AvgIpc) is 2.27. The number of carbonyl (C=O) groups excluding carboxylic acids is 1. The molecule has 0 aromatic carbocycles. The van der Waals surface area contributed by atoms with Crippen molar-refractivity contribution in [3.05, 3.63) is 22.8 Å². The van der Waals surface area contributed by atoms with Crippen molar-refractivity contribution in [1.29, 1.82) is 0 Å². The molecular weight excluding hydrogens is 254 g/mol. The molecule has 0 aliphatic carbocycles. The van der Waals surface area contributed by atoms with E-state index in [1.54, 1.807) is 4.90 Å². The second-order valence-electron chi connectivity index (χ2n) is 4.27. The summed E-state index contributed by atoms with van der Waals surface area (Å²) in [5, 5.41) is 9.05. The number of hydrogen-bond donors (Lipinski definition) is 2. The number of aliphatic hydroxyl groups is 1. The van der Waals surface area contributed by atoms with E-state index in [0.717, 1.165) is 0 Å². The normalized spacial score (nSPS) is 10.7. The van der Waals surface area contributed by atoms with Crippen molar-refractivity contribution >= 4 is 23.3 Å². The van der Waals surface area contributed by atoms with E-state index in [4.69, 9.17) is 22.4 Å². The van der Waals surface area contributed by atoms with Gasteiger partial charge in [0.25, 0.3) is 5.91 Å². The lowest BCUT2D eigenvalue weighted by Crippen LogP contribution is -2.38. The molecule has 0 aliphatic heterocycles. The molecule has 0 saturated carbocycles. The van der Waals surface area contributed by atoms with Gasteiger partial charge in [0.15, 0.2) is 0 Å². The number of carbonyl (C=O) groups is 1. The van der Waals surface area contributed by atoms with Crippen LogP contribution in [-0.4, -0.2) is 40.1 Å². The van der Waals surface area contributed by atoms with Crippen LogP contribution in [-0.2, 0) is 0 Å². The minimum Gasteiger partial charge on any atom is -0.396 e. The number of hydrogen-bond acceptors (Lipinski definition) is 4. The Kier molecular flexibility index (Phi) is 5.37. The Morgan fingerprint density at radius 3 is 2.72 bits per heavy atom. The fourth-order valence-electron chi connectivity index (χ4n) is 1.64. The third-order valence-corrected chi connectivity index (χ3v) is 2.70. The lowest BCUT2D eigenvalue weighted by atomic mass is 10.2. The van der Waals surface area contributed by atoms with E-state index < -0.39 is 0 Å². The second-order valence-corrected chi connectivity index (χ2v) is 4.66. The molecule has 1 aromatic rings. The van der Waals surface area contributed by atoms with Gasteiger partial charge >= 0.3 is 0 Å². The number of nitrogen functional groups attached to an aromatic ring is 1. The third-order valence-electron chi connectivity index (χ3n) is 2.50. The molecule has 0 aliphatic rings. The lowest BCUT2D eigenvalue weighted by Gasteiger charge is -2.26. The van der Waals surface area contributed by atoms with Crippen LogP contribution in [0, 0.1) is 0 Å². The number of nitrogens with two attached hydrogens (primary N) is 1. The number of pyridine rings is 1. The van der Waals surface area contributed by atoms with Gasteiger partial charge in [0.1, 0.15) is 11.0 Å². The summed E-state index contributed by atoms with van der Waals surface area (Å²) >= 11 is 5.78. The van der Waals surface area contributed by atoms with Gasteiger partial charge in [-0.25, -0.2) is 4.98 Å². The first-order valence-electron chi connectivity index (χ1n) is 5.80. The standard InChI is InChI=1S/C12H18ClN3O2/c1-8(2)16(4-3-5-17)12(18)9-6-10(13)15-11(14)7-9/h6-8,17H,3-5H2,1-2H3,(H2,14,15). The largest absolute Gasteiger partial charge is 0.396 e. The van der Waals surface area contributed by atoms with Gasteiger partial charge in [0, 0.05) is 24.8 Å². The predicted molar refractivity (Wildman–Crippen MR) is 71.5 cm³/mol. The van der Waals surface area contributed by atoms with Crippen LogP contribution in [0.25, 0.3) is 0 Å². The molecule has 100 valence electrons. The zero-order chi connectivity index (χ0) is 13.7. The van der Waals surface area contributed by atoms with E-state index in [1.165, 1.54) is 12.1 Å². The van der Waals surface area contributed by atoms with Gasteiger partial charge in [-0.1, -0.05) is 11.6 Å². The van der Waals surface area contributed by atoms with Gasteiger partial charge in [0.05, 0.1) is 0 Å².